The first-order chi connectivity index (χ1) is 24.8. The van der Waals surface area contributed by atoms with E-state index >= 15 is 0 Å². The lowest BCUT2D eigenvalue weighted by Crippen LogP contribution is -2.42. The maximum atomic E-state index is 13.7. The van der Waals surface area contributed by atoms with Gasteiger partial charge in [0.1, 0.15) is 18.5 Å². The van der Waals surface area contributed by atoms with Crippen molar-refractivity contribution in [2.24, 2.45) is 0 Å². The van der Waals surface area contributed by atoms with Gasteiger partial charge in [-0.1, -0.05) is 85.5 Å². The molecule has 12 heteroatoms. The van der Waals surface area contributed by atoms with Gasteiger partial charge in [0.2, 0.25) is 0 Å². The van der Waals surface area contributed by atoms with Gasteiger partial charge in [0, 0.05) is 17.3 Å². The minimum atomic E-state index is -1.45. The van der Waals surface area contributed by atoms with Crippen molar-refractivity contribution in [2.45, 2.75) is 24.5 Å². The van der Waals surface area contributed by atoms with Crippen LogP contribution in [0.3, 0.4) is 0 Å². The highest BCUT2D eigenvalue weighted by molar-refractivity contribution is 6.04. The molecule has 6 rings (SSSR count). The Bertz CT molecular complexity index is 2090. The number of carbonyl (C=O) groups is 4. The summed E-state index contributed by atoms with van der Waals surface area (Å²) in [5.74, 6) is -2.84. The number of ether oxygens (including phenoxy) is 4. The molecule has 0 saturated carbocycles. The number of carbonyl (C=O) groups excluding carboxylic acids is 4. The number of anilines is 1. The van der Waals surface area contributed by atoms with Crippen LogP contribution in [0.1, 0.15) is 53.2 Å². The lowest BCUT2D eigenvalue weighted by Gasteiger charge is -2.25. The fraction of sp³-hybridized carbons (Fsp3) is 0.128. The normalized spacial score (nSPS) is 17.9. The smallest absolute Gasteiger partial charge is 0.351 e. The van der Waals surface area contributed by atoms with Gasteiger partial charge < -0.3 is 24.3 Å². The number of benzene rings is 4. The number of nitrogens with zero attached hydrogens (tertiary/aromatic N) is 2. The summed E-state index contributed by atoms with van der Waals surface area (Å²) in [4.78, 5) is 70.5. The lowest BCUT2D eigenvalue weighted by molar-refractivity contribution is -0.0639. The third-order valence-corrected chi connectivity index (χ3v) is 7.92. The largest absolute Gasteiger partial charge is 0.459 e. The van der Waals surface area contributed by atoms with E-state index in [1.807, 2.05) is 0 Å². The van der Waals surface area contributed by atoms with Crippen LogP contribution < -0.4 is 11.0 Å². The molecular weight excluding hydrogens is 654 g/mol. The van der Waals surface area contributed by atoms with Crippen LogP contribution in [-0.4, -0.2) is 58.3 Å². The fourth-order valence-electron chi connectivity index (χ4n) is 5.37. The van der Waals surface area contributed by atoms with E-state index in [1.54, 1.807) is 97.1 Å². The second-order valence-corrected chi connectivity index (χ2v) is 11.3. The molecule has 4 atom stereocenters. The quantitative estimate of drug-likeness (QED) is 0.142. The number of hydrogen-bond acceptors (Lipinski definition) is 10. The predicted octanol–water partition coefficient (Wildman–Crippen LogP) is 5.34. The standard InChI is InChI=1S/C39H31N3O9/c1-2-25-23-42(39(47)41-33(25)40-34(43)26-15-7-3-8-16-26)35-32(51-38(46)29-21-13-6-14-22-29)31(50-37(45)28-19-11-5-12-20-28)30(49-35)24-48-36(44)27-17-9-4-10-18-27/h2-23,30-32,35H,1,24H2,(H,40,41,43,47)/t30-,31+,32?,35-/m1/s1. The molecule has 0 spiro atoms. The van der Waals surface area contributed by atoms with E-state index in [2.05, 4.69) is 16.9 Å². The van der Waals surface area contributed by atoms with Crippen molar-refractivity contribution in [2.75, 3.05) is 11.9 Å². The molecule has 12 nitrogen and oxygen atoms in total. The molecule has 2 heterocycles. The third-order valence-electron chi connectivity index (χ3n) is 7.92. The molecule has 1 amide bonds. The molecule has 5 aromatic rings. The van der Waals surface area contributed by atoms with Gasteiger partial charge in [-0.15, -0.1) is 0 Å². The van der Waals surface area contributed by atoms with Crippen molar-refractivity contribution in [3.05, 3.63) is 172 Å². The van der Waals surface area contributed by atoms with Crippen molar-refractivity contribution < 1.29 is 38.1 Å². The Hall–Kier alpha value is -6.66. The molecule has 1 fully saturated rings. The molecule has 0 radical (unpaired) electrons. The summed E-state index contributed by atoms with van der Waals surface area (Å²) in [6.07, 6.45) is -2.80. The molecule has 1 N–H and O–H groups in total. The number of hydrogen-bond donors (Lipinski definition) is 1. The van der Waals surface area contributed by atoms with Crippen molar-refractivity contribution in [3.8, 4) is 0 Å². The molecule has 1 unspecified atom stereocenters. The van der Waals surface area contributed by atoms with Gasteiger partial charge in [-0.2, -0.15) is 4.98 Å². The molecule has 1 aromatic heterocycles. The monoisotopic (exact) mass is 685 g/mol. The Morgan fingerprint density at radius 1 is 0.706 bits per heavy atom. The van der Waals surface area contributed by atoms with Gasteiger partial charge in [-0.05, 0) is 48.5 Å². The number of rotatable bonds is 11. The first-order valence-corrected chi connectivity index (χ1v) is 15.8. The predicted molar refractivity (Wildman–Crippen MR) is 185 cm³/mol. The van der Waals surface area contributed by atoms with Crippen LogP contribution in [0.15, 0.2) is 139 Å². The van der Waals surface area contributed by atoms with Gasteiger partial charge in [0.15, 0.2) is 18.4 Å². The van der Waals surface area contributed by atoms with Crippen molar-refractivity contribution in [3.63, 3.8) is 0 Å². The van der Waals surface area contributed by atoms with Crippen LogP contribution in [0.5, 0.6) is 0 Å². The van der Waals surface area contributed by atoms with Crippen molar-refractivity contribution >= 4 is 35.7 Å². The molecule has 51 heavy (non-hydrogen) atoms. The fourth-order valence-corrected chi connectivity index (χ4v) is 5.37. The van der Waals surface area contributed by atoms with E-state index in [-0.39, 0.29) is 28.1 Å². The van der Waals surface area contributed by atoms with Crippen LogP contribution in [-0.2, 0) is 18.9 Å². The summed E-state index contributed by atoms with van der Waals surface area (Å²) in [6.45, 7) is 3.35. The number of nitrogens with one attached hydrogen (secondary N) is 1. The Labute approximate surface area is 291 Å². The van der Waals surface area contributed by atoms with Crippen LogP contribution in [0.4, 0.5) is 5.82 Å². The van der Waals surface area contributed by atoms with E-state index in [1.165, 1.54) is 36.5 Å². The second-order valence-electron chi connectivity index (χ2n) is 11.3. The molecule has 1 saturated heterocycles. The van der Waals surface area contributed by atoms with Crippen molar-refractivity contribution in [1.29, 1.82) is 0 Å². The average Bonchev–Trinajstić information content (AvgIpc) is 3.50. The van der Waals surface area contributed by atoms with Gasteiger partial charge in [0.25, 0.3) is 5.91 Å². The maximum absolute atomic E-state index is 13.7. The number of esters is 3. The zero-order valence-corrected chi connectivity index (χ0v) is 27.0. The molecular formula is C39H31N3O9. The van der Waals surface area contributed by atoms with E-state index in [0.717, 1.165) is 4.57 Å². The minimum absolute atomic E-state index is 0.0728. The first-order valence-electron chi connectivity index (χ1n) is 15.8. The van der Waals surface area contributed by atoms with E-state index in [0.29, 0.717) is 5.56 Å². The highest BCUT2D eigenvalue weighted by Crippen LogP contribution is 2.35. The lowest BCUT2D eigenvalue weighted by atomic mass is 10.1. The zero-order chi connectivity index (χ0) is 35.7. The first kappa shape index (κ1) is 34.2. The summed E-state index contributed by atoms with van der Waals surface area (Å²) in [5.41, 5.74) is 0.305. The Morgan fingerprint density at radius 3 is 1.69 bits per heavy atom. The molecule has 0 bridgehead atoms. The van der Waals surface area contributed by atoms with Crippen LogP contribution in [0.2, 0.25) is 0 Å². The van der Waals surface area contributed by atoms with E-state index < -0.39 is 60.7 Å². The topological polar surface area (TPSA) is 152 Å². The summed E-state index contributed by atoms with van der Waals surface area (Å²) >= 11 is 0. The Kier molecular flexibility index (Phi) is 10.5. The van der Waals surface area contributed by atoms with E-state index in [9.17, 15) is 24.0 Å². The van der Waals surface area contributed by atoms with Crippen LogP contribution in [0.25, 0.3) is 6.08 Å². The Balaban J connectivity index is 1.37. The van der Waals surface area contributed by atoms with Gasteiger partial charge in [-0.3, -0.25) is 9.36 Å². The van der Waals surface area contributed by atoms with Crippen molar-refractivity contribution in [1.82, 2.24) is 9.55 Å². The van der Waals surface area contributed by atoms with Gasteiger partial charge in [0.05, 0.1) is 16.7 Å². The zero-order valence-electron chi connectivity index (χ0n) is 27.0. The molecule has 0 aliphatic carbocycles. The second kappa shape index (κ2) is 15.7. The summed E-state index contributed by atoms with van der Waals surface area (Å²) in [6, 6.07) is 32.7. The summed E-state index contributed by atoms with van der Waals surface area (Å²) in [5, 5.41) is 2.62. The van der Waals surface area contributed by atoms with Crippen LogP contribution in [0, 0.1) is 0 Å². The summed E-state index contributed by atoms with van der Waals surface area (Å²) < 4.78 is 24.8. The van der Waals surface area contributed by atoms with Crippen LogP contribution >= 0.6 is 0 Å². The van der Waals surface area contributed by atoms with Gasteiger partial charge in [-0.25, -0.2) is 19.2 Å². The highest BCUT2D eigenvalue weighted by atomic mass is 16.7. The maximum Gasteiger partial charge on any atom is 0.351 e. The highest BCUT2D eigenvalue weighted by Gasteiger charge is 2.52. The van der Waals surface area contributed by atoms with E-state index in [4.69, 9.17) is 18.9 Å². The number of aromatic nitrogens is 2. The molecule has 1 aliphatic rings. The van der Waals surface area contributed by atoms with Gasteiger partial charge >= 0.3 is 23.6 Å². The molecule has 4 aromatic carbocycles. The average molecular weight is 686 g/mol. The molecule has 1 aliphatic heterocycles. The SMILES string of the molecule is C=Cc1cn([C@@H]2O[C@H](COC(=O)c3ccccc3)[C@H](OC(=O)c3ccccc3)C2OC(=O)c2ccccc2)c(=O)nc1NC(=O)c1ccccc1. The minimum Gasteiger partial charge on any atom is -0.459 e. The number of amides is 1. The third kappa shape index (κ3) is 7.98. The summed E-state index contributed by atoms with van der Waals surface area (Å²) in [7, 11) is 0. The Morgan fingerprint density at radius 2 is 1.18 bits per heavy atom. The molecule has 256 valence electrons.